The van der Waals surface area contributed by atoms with E-state index in [-0.39, 0.29) is 35.0 Å². The average molecular weight is 352 g/mol. The zero-order valence-electron chi connectivity index (χ0n) is 14.2. The van der Waals surface area contributed by atoms with Crippen LogP contribution in [0.3, 0.4) is 0 Å². The first-order valence-electron chi connectivity index (χ1n) is 7.90. The van der Waals surface area contributed by atoms with Gasteiger partial charge in [0, 0.05) is 0 Å². The van der Waals surface area contributed by atoms with E-state index in [0.29, 0.717) is 16.5 Å². The Kier molecular flexibility index (Phi) is 4.45. The van der Waals surface area contributed by atoms with Crippen molar-refractivity contribution in [2.24, 2.45) is 5.73 Å². The predicted octanol–water partition coefficient (Wildman–Crippen LogP) is 1.57. The van der Waals surface area contributed by atoms with Crippen molar-refractivity contribution < 1.29 is 14.3 Å². The number of benzene rings is 1. The van der Waals surface area contributed by atoms with Gasteiger partial charge in [-0.15, -0.1) is 0 Å². The molecule has 132 valence electrons. The number of ether oxygens (including phenoxy) is 2. The van der Waals surface area contributed by atoms with E-state index in [0.717, 1.165) is 0 Å². The van der Waals surface area contributed by atoms with Gasteiger partial charge in [0.15, 0.2) is 0 Å². The molecule has 0 radical (unpaired) electrons. The number of hydrogen-bond donors (Lipinski definition) is 2. The lowest BCUT2D eigenvalue weighted by atomic mass is 9.82. The predicted molar refractivity (Wildman–Crippen MR) is 92.3 cm³/mol. The molecular weight excluding hydrogens is 336 g/mol. The number of aromatic amines is 1. The van der Waals surface area contributed by atoms with Crippen molar-refractivity contribution in [3.8, 4) is 6.07 Å². The summed E-state index contributed by atoms with van der Waals surface area (Å²) in [5.41, 5.74) is 6.83. The first-order valence-corrected chi connectivity index (χ1v) is 7.90. The van der Waals surface area contributed by atoms with Crippen LogP contribution in [0, 0.1) is 11.3 Å². The molecule has 0 aliphatic carbocycles. The van der Waals surface area contributed by atoms with Crippen molar-refractivity contribution in [1.82, 2.24) is 9.97 Å². The van der Waals surface area contributed by atoms with Crippen LogP contribution >= 0.6 is 0 Å². The van der Waals surface area contributed by atoms with Crippen LogP contribution < -0.4 is 11.3 Å². The maximum absolute atomic E-state index is 12.5. The minimum Gasteiger partial charge on any atom is -0.463 e. The first-order chi connectivity index (χ1) is 12.5. The average Bonchev–Trinajstić information content (AvgIpc) is 2.61. The number of nitrogens with two attached hydrogens (primary N) is 1. The number of allylic oxidation sites excluding steroid dienone is 2. The van der Waals surface area contributed by atoms with Crippen LogP contribution in [0.15, 0.2) is 52.1 Å². The Morgan fingerprint density at radius 2 is 2.27 bits per heavy atom. The lowest BCUT2D eigenvalue weighted by Gasteiger charge is -2.26. The molecule has 1 aromatic carbocycles. The zero-order chi connectivity index (χ0) is 18.8. The lowest BCUT2D eigenvalue weighted by molar-refractivity contribution is -0.139. The Morgan fingerprint density at radius 3 is 2.96 bits per heavy atom. The highest BCUT2D eigenvalue weighted by Gasteiger charge is 2.36. The van der Waals surface area contributed by atoms with Crippen LogP contribution in [0.25, 0.3) is 10.9 Å². The van der Waals surface area contributed by atoms with Gasteiger partial charge in [-0.25, -0.2) is 9.78 Å². The summed E-state index contributed by atoms with van der Waals surface area (Å²) in [6, 6.07) is 6.94. The molecule has 0 amide bonds. The second kappa shape index (κ2) is 6.72. The molecule has 3 rings (SSSR count). The third-order valence-electron chi connectivity index (χ3n) is 4.10. The van der Waals surface area contributed by atoms with Crippen molar-refractivity contribution in [3.63, 3.8) is 0 Å². The molecule has 1 aliphatic rings. The Balaban J connectivity index is 2.24. The summed E-state index contributed by atoms with van der Waals surface area (Å²) in [5.74, 6) is -1.22. The molecule has 1 atom stereocenters. The molecule has 2 heterocycles. The number of carbonyl (C=O) groups is 1. The topological polar surface area (TPSA) is 131 Å². The third kappa shape index (κ3) is 2.80. The van der Waals surface area contributed by atoms with Crippen LogP contribution in [-0.2, 0) is 14.3 Å². The minimum atomic E-state index is -0.795. The molecule has 1 unspecified atom stereocenters. The van der Waals surface area contributed by atoms with E-state index in [4.69, 9.17) is 15.2 Å². The molecule has 8 nitrogen and oxygen atoms in total. The number of esters is 1. The largest absolute Gasteiger partial charge is 0.463 e. The van der Waals surface area contributed by atoms with Crippen LogP contribution in [0.5, 0.6) is 0 Å². The van der Waals surface area contributed by atoms with E-state index >= 15 is 0 Å². The Morgan fingerprint density at radius 1 is 1.50 bits per heavy atom. The van der Waals surface area contributed by atoms with Crippen molar-refractivity contribution in [2.75, 3.05) is 6.61 Å². The van der Waals surface area contributed by atoms with Gasteiger partial charge in [0.2, 0.25) is 5.88 Å². The highest BCUT2D eigenvalue weighted by Crippen LogP contribution is 2.39. The fourth-order valence-electron chi connectivity index (χ4n) is 2.95. The summed E-state index contributed by atoms with van der Waals surface area (Å²) >= 11 is 0. The van der Waals surface area contributed by atoms with Gasteiger partial charge in [0.1, 0.15) is 17.4 Å². The number of carbonyl (C=O) groups excluding carboxylic acids is 1. The monoisotopic (exact) mass is 352 g/mol. The smallest absolute Gasteiger partial charge is 0.338 e. The summed E-state index contributed by atoms with van der Waals surface area (Å²) in [7, 11) is 0. The second-order valence-electron chi connectivity index (χ2n) is 5.62. The van der Waals surface area contributed by atoms with Gasteiger partial charge in [-0.2, -0.15) is 5.26 Å². The number of aromatic nitrogens is 2. The van der Waals surface area contributed by atoms with E-state index in [2.05, 4.69) is 9.97 Å². The van der Waals surface area contributed by atoms with Gasteiger partial charge in [-0.1, -0.05) is 6.07 Å². The molecule has 0 saturated carbocycles. The number of rotatable bonds is 3. The molecule has 8 heteroatoms. The van der Waals surface area contributed by atoms with Crippen molar-refractivity contribution in [1.29, 1.82) is 5.26 Å². The van der Waals surface area contributed by atoms with Crippen LogP contribution in [-0.4, -0.2) is 22.5 Å². The number of hydrogen-bond acceptors (Lipinski definition) is 7. The number of nitrogens with zero attached hydrogens (tertiary/aromatic N) is 2. The van der Waals surface area contributed by atoms with Crippen LogP contribution in [0.2, 0.25) is 0 Å². The van der Waals surface area contributed by atoms with Gasteiger partial charge in [-0.05, 0) is 31.5 Å². The number of fused-ring (bicyclic) bond motifs is 1. The number of nitriles is 1. The van der Waals surface area contributed by atoms with Crippen molar-refractivity contribution >= 4 is 16.9 Å². The van der Waals surface area contributed by atoms with Crippen LogP contribution in [0.1, 0.15) is 25.3 Å². The van der Waals surface area contributed by atoms with Gasteiger partial charge >= 0.3 is 5.97 Å². The molecule has 0 spiro atoms. The zero-order valence-corrected chi connectivity index (χ0v) is 14.2. The molecule has 1 aromatic heterocycles. The third-order valence-corrected chi connectivity index (χ3v) is 4.10. The minimum absolute atomic E-state index is 0.0803. The molecule has 2 aromatic rings. The molecule has 3 N–H and O–H groups in total. The SMILES string of the molecule is CCOC(=O)C1=C(C)OC(N)=C(C#N)C1c1ccc2nc[nH]c(=O)c2c1. The Hall–Kier alpha value is -3.60. The van der Waals surface area contributed by atoms with E-state index in [1.165, 1.54) is 6.33 Å². The normalized spacial score (nSPS) is 17.0. The Bertz CT molecular complexity index is 1060. The number of nitrogens with one attached hydrogen (secondary N) is 1. The maximum Gasteiger partial charge on any atom is 0.338 e. The molecule has 1 aliphatic heterocycles. The summed E-state index contributed by atoms with van der Waals surface area (Å²) in [6.45, 7) is 3.43. The van der Waals surface area contributed by atoms with Crippen molar-refractivity contribution in [2.45, 2.75) is 19.8 Å². The summed E-state index contributed by atoms with van der Waals surface area (Å²) < 4.78 is 10.5. The van der Waals surface area contributed by atoms with Gasteiger partial charge in [0.05, 0.1) is 35.3 Å². The quantitative estimate of drug-likeness (QED) is 0.801. The van der Waals surface area contributed by atoms with Gasteiger partial charge < -0.3 is 20.2 Å². The molecule has 0 saturated heterocycles. The van der Waals surface area contributed by atoms with Gasteiger partial charge in [-0.3, -0.25) is 4.79 Å². The molecule has 0 bridgehead atoms. The lowest BCUT2D eigenvalue weighted by Crippen LogP contribution is -2.25. The molecular formula is C18H16N4O4. The maximum atomic E-state index is 12.5. The second-order valence-corrected chi connectivity index (χ2v) is 5.62. The number of H-pyrrole nitrogens is 1. The van der Waals surface area contributed by atoms with Crippen LogP contribution in [0.4, 0.5) is 0 Å². The molecule has 0 fully saturated rings. The fourth-order valence-corrected chi connectivity index (χ4v) is 2.95. The van der Waals surface area contributed by atoms with Gasteiger partial charge in [0.25, 0.3) is 5.56 Å². The van der Waals surface area contributed by atoms with E-state index in [1.807, 2.05) is 6.07 Å². The van der Waals surface area contributed by atoms with E-state index < -0.39 is 11.9 Å². The standard InChI is InChI=1S/C18H16N4O4/c1-3-25-18(24)14-9(2)26-16(20)12(7-19)15(14)10-4-5-13-11(6-10)17(23)22-8-21-13/h4-6,8,15H,3,20H2,1-2H3,(H,21,22,23). The van der Waals surface area contributed by atoms with E-state index in [9.17, 15) is 14.9 Å². The van der Waals surface area contributed by atoms with Crippen molar-refractivity contribution in [3.05, 3.63) is 63.2 Å². The molecule has 26 heavy (non-hydrogen) atoms. The summed E-state index contributed by atoms with van der Waals surface area (Å²) in [6.07, 6.45) is 1.31. The summed E-state index contributed by atoms with van der Waals surface area (Å²) in [4.78, 5) is 31.2. The van der Waals surface area contributed by atoms with E-state index in [1.54, 1.807) is 32.0 Å². The Labute approximate surface area is 148 Å². The fraction of sp³-hybridized carbons (Fsp3) is 0.222. The highest BCUT2D eigenvalue weighted by atomic mass is 16.5. The first kappa shape index (κ1) is 17.2. The highest BCUT2D eigenvalue weighted by molar-refractivity contribution is 5.93. The summed E-state index contributed by atoms with van der Waals surface area (Å²) in [5, 5.41) is 9.89.